The number of carbonyl (C=O) groups is 1. The van der Waals surface area contributed by atoms with Gasteiger partial charge in [-0.25, -0.2) is 16.8 Å². The quantitative estimate of drug-likeness (QED) is 0.119. The van der Waals surface area contributed by atoms with E-state index in [4.69, 9.17) is 14.6 Å². The lowest BCUT2D eigenvalue weighted by Gasteiger charge is -2.39. The van der Waals surface area contributed by atoms with Crippen molar-refractivity contribution in [3.63, 3.8) is 0 Å². The number of para-hydroxylation sites is 1. The second-order valence-corrected chi connectivity index (χ2v) is 43.0. The van der Waals surface area contributed by atoms with Crippen LogP contribution in [-0.2, 0) is 45.2 Å². The van der Waals surface area contributed by atoms with Crippen molar-refractivity contribution in [2.24, 2.45) is 11.8 Å². The summed E-state index contributed by atoms with van der Waals surface area (Å²) in [6.45, 7) is 47.6. The van der Waals surface area contributed by atoms with Gasteiger partial charge >= 0.3 is 5.97 Å². The molecule has 7 saturated heterocycles. The molecule has 0 aromatic heterocycles. The summed E-state index contributed by atoms with van der Waals surface area (Å²) in [5, 5.41) is 15.7. The number of piperazine rings is 4. The van der Waals surface area contributed by atoms with Crippen molar-refractivity contribution in [3.05, 3.63) is 66.2 Å². The summed E-state index contributed by atoms with van der Waals surface area (Å²) in [6, 6.07) is 21.9. The number of likely N-dealkylation sites (N-methyl/N-ethyl adjacent to an activating group) is 5. The zero-order chi connectivity index (χ0) is 91.8. The van der Waals surface area contributed by atoms with E-state index >= 15 is 0 Å². The van der Waals surface area contributed by atoms with Crippen molar-refractivity contribution < 1.29 is 40.9 Å². The van der Waals surface area contributed by atoms with E-state index in [9.17, 15) is 21.6 Å². The number of sulfone groups is 2. The van der Waals surface area contributed by atoms with E-state index in [-0.39, 0.29) is 34.6 Å². The molecule has 0 unspecified atom stereocenters. The number of methoxy groups -OCH3 is 2. The Morgan fingerprint density at radius 3 is 1.24 bits per heavy atom. The first-order chi connectivity index (χ1) is 58.1. The molecule has 0 bridgehead atoms. The number of hydrogen-bond donors (Lipinski definition) is 3. The molecular formula is C96H195N13O9S4. The summed E-state index contributed by atoms with van der Waals surface area (Å²) in [7, 11) is 18.6. The summed E-state index contributed by atoms with van der Waals surface area (Å²) in [4.78, 5) is 38.2. The number of aliphatic hydroxyl groups excluding tert-OH is 1. The van der Waals surface area contributed by atoms with Crippen LogP contribution in [0.3, 0.4) is 0 Å². The summed E-state index contributed by atoms with van der Waals surface area (Å²) < 4.78 is 56.6. The Bertz CT molecular complexity index is 2760. The van der Waals surface area contributed by atoms with E-state index in [2.05, 4.69) is 194 Å². The standard InChI is InChI=1S/C11H22N2.C11H16N2.C11H21NO2.C9H20N2.C8H18N2O.C8H11N.C8H17N.C7H14O2S.C7H14S.C4H9NO.C4H11N.C3H8O2S.C3H8S.C2H6O/c2*1-12-7-9-13(10-8-12)11-5-3-2-4-6-11;1-11(2,3)14-10(13)9-5-7-12(4)8-6-9;1-3-4-5-11-8-6-10(2)7-9-11;1-9-3-5-10(6-4-9)7-8-11-2;1-9-7-8-5-3-2-4-6-8;1-3-8-4-6-9(2)7-5-8;1-10(8,9)7-5-3-2-4-6-7;1-8-7-5-3-2-4-6-7;1-5-2-4(6)3-5;1-3-4-5-2;1-3-6(2,4)5;1-3-4-2;1-3-2/h11H,2-10H2,1H3;2-6H,7-10H2,1H3;9H,5-8H2,1-4H3;3-9H2,1-2H3;3-8H2,1-2H3;2-6,9H,7H2,1H3;8H,3-7H2,1-2H3;7H,2-6H2,1H3;7H,2-6H2,1H3;4,6H,2-3H2,1H3;5H,3-4H2,1-2H3;3H2,1-2H3;3H2,1-2H3;1-2H3. The highest BCUT2D eigenvalue weighted by atomic mass is 32.2. The number of ether oxygens (including phenoxy) is 3. The van der Waals surface area contributed by atoms with Gasteiger partial charge < -0.3 is 74.0 Å². The lowest BCUT2D eigenvalue weighted by atomic mass is 9.94. The van der Waals surface area contributed by atoms with E-state index in [0.29, 0.717) is 0 Å². The number of likely N-dealkylation sites (tertiary alicyclic amines) is 3. The third kappa shape index (κ3) is 71.5. The average molecular weight is 1800 g/mol. The number of hydrogen-bond acceptors (Lipinski definition) is 24. The first-order valence-electron chi connectivity index (χ1n) is 47.4. The highest BCUT2D eigenvalue weighted by Gasteiger charge is 2.29. The van der Waals surface area contributed by atoms with Crippen LogP contribution in [0.25, 0.3) is 0 Å². The SMILES string of the molecule is CCC1CCN(C)CC1.CCCCN1CCN(C)CC1.CCCNC.CCS(C)(=O)=O.CCSC.CN1CC(O)C1.CN1CCC(C(=O)OC(C)(C)C)CC1.CN1CCN(C2CCCCC2)CC1.CN1CCN(c2ccccc2)CC1.CNCc1ccccc1.COC.COCCN1CCN(C)CC1.CS(=O)(=O)C1CCCCC1.CSC1CCCCC1. The fourth-order valence-electron chi connectivity index (χ4n) is 14.7. The van der Waals surface area contributed by atoms with Gasteiger partial charge in [0.1, 0.15) is 25.3 Å². The molecule has 10 aliphatic rings. The molecule has 0 spiro atoms. The Balaban J connectivity index is 0. The average Bonchev–Trinajstić information content (AvgIpc) is 0.880. The lowest BCUT2D eigenvalue weighted by Crippen LogP contribution is -2.49. The number of unbranched alkanes of at least 4 members (excludes halogenated alkanes) is 1. The number of nitrogens with zero attached hydrogens (tertiary/aromatic N) is 11. The minimum Gasteiger partial charge on any atom is -0.460 e. The molecule has 2 aromatic rings. The van der Waals surface area contributed by atoms with Gasteiger partial charge in [-0.2, -0.15) is 23.5 Å². The van der Waals surface area contributed by atoms with Crippen molar-refractivity contribution in [2.45, 2.75) is 238 Å². The molecule has 12 rings (SSSR count). The highest BCUT2D eigenvalue weighted by molar-refractivity contribution is 7.99. The van der Waals surface area contributed by atoms with Gasteiger partial charge in [-0.15, -0.1) is 0 Å². The van der Waals surface area contributed by atoms with Gasteiger partial charge in [0.2, 0.25) is 0 Å². The van der Waals surface area contributed by atoms with E-state index in [1.54, 1.807) is 28.3 Å². The van der Waals surface area contributed by atoms with Crippen LogP contribution in [0.1, 0.15) is 209 Å². The zero-order valence-electron chi connectivity index (χ0n) is 83.3. The third-order valence-corrected chi connectivity index (χ3v) is 27.8. The first kappa shape index (κ1) is 122. The Hall–Kier alpha value is -2.29. The molecular weight excluding hydrogens is 1610 g/mol. The molecule has 722 valence electrons. The molecule has 7 heterocycles. The molecule has 26 heteroatoms. The predicted molar refractivity (Wildman–Crippen MR) is 535 cm³/mol. The summed E-state index contributed by atoms with van der Waals surface area (Å²) in [5.74, 6) is 2.60. The molecule has 3 N–H and O–H groups in total. The van der Waals surface area contributed by atoms with Crippen LogP contribution in [0.5, 0.6) is 0 Å². The van der Waals surface area contributed by atoms with Gasteiger partial charge in [0, 0.05) is 187 Å². The summed E-state index contributed by atoms with van der Waals surface area (Å²) in [6.07, 6.45) is 36.8. The largest absolute Gasteiger partial charge is 0.460 e. The normalized spacial score (nSPS) is 20.2. The van der Waals surface area contributed by atoms with Crippen molar-refractivity contribution in [3.8, 4) is 0 Å². The fourth-order valence-corrected chi connectivity index (χ4v) is 16.7. The maximum atomic E-state index is 11.7. The fraction of sp³-hybridized carbons (Fsp3) is 0.865. The van der Waals surface area contributed by atoms with E-state index in [1.807, 2.05) is 83.6 Å². The molecule has 22 nitrogen and oxygen atoms in total. The van der Waals surface area contributed by atoms with Crippen LogP contribution in [0, 0.1) is 11.8 Å². The molecule has 7 aliphatic heterocycles. The number of nitrogens with one attached hydrogen (secondary N) is 2. The maximum absolute atomic E-state index is 11.7. The topological polar surface area (TPSA) is 193 Å². The lowest BCUT2D eigenvalue weighted by molar-refractivity contribution is -0.161. The molecule has 0 radical (unpaired) electrons. The van der Waals surface area contributed by atoms with Crippen molar-refractivity contribution >= 4 is 54.9 Å². The van der Waals surface area contributed by atoms with Gasteiger partial charge in [0.05, 0.1) is 23.9 Å². The van der Waals surface area contributed by atoms with Gasteiger partial charge in [-0.3, -0.25) is 14.6 Å². The Labute approximate surface area is 762 Å². The van der Waals surface area contributed by atoms with Crippen molar-refractivity contribution in [1.29, 1.82) is 0 Å². The van der Waals surface area contributed by atoms with Crippen LogP contribution < -0.4 is 15.5 Å². The van der Waals surface area contributed by atoms with Crippen LogP contribution in [-0.4, -0.2) is 397 Å². The smallest absolute Gasteiger partial charge is 0.309 e. The van der Waals surface area contributed by atoms with Crippen molar-refractivity contribution in [2.75, 3.05) is 296 Å². The number of rotatable bonds is 18. The Kier molecular flexibility index (Phi) is 78.4. The number of aliphatic hydroxyl groups is 1. The van der Waals surface area contributed by atoms with Gasteiger partial charge in [-0.1, -0.05) is 154 Å². The van der Waals surface area contributed by atoms with E-state index in [0.717, 1.165) is 121 Å². The van der Waals surface area contributed by atoms with Gasteiger partial charge in [-0.05, 0) is 242 Å². The second kappa shape index (κ2) is 78.5. The maximum Gasteiger partial charge on any atom is 0.309 e. The predicted octanol–water partition coefficient (Wildman–Crippen LogP) is 14.4. The number of thioether (sulfide) groups is 2. The summed E-state index contributed by atoms with van der Waals surface area (Å²) >= 11 is 3.90. The molecule has 2 aromatic carbocycles. The molecule has 0 atom stereocenters. The number of piperidine rings is 2. The minimum atomic E-state index is -2.73. The second-order valence-electron chi connectivity index (χ2n) is 35.9. The van der Waals surface area contributed by atoms with Crippen molar-refractivity contribution in [1.82, 2.24) is 59.6 Å². The molecule has 3 aliphatic carbocycles. The van der Waals surface area contributed by atoms with Gasteiger partial charge in [0.25, 0.3) is 0 Å². The molecule has 10 fully saturated rings. The van der Waals surface area contributed by atoms with Crippen LogP contribution in [0.15, 0.2) is 60.7 Å². The summed E-state index contributed by atoms with van der Waals surface area (Å²) in [5.41, 5.74) is 2.34. The molecule has 122 heavy (non-hydrogen) atoms. The Morgan fingerprint density at radius 2 is 0.910 bits per heavy atom. The zero-order valence-corrected chi connectivity index (χ0v) is 86.5. The van der Waals surface area contributed by atoms with Gasteiger partial charge in [0.15, 0.2) is 0 Å². The number of carbonyl (C=O) groups excluding carboxylic acids is 1. The van der Waals surface area contributed by atoms with Crippen LogP contribution >= 0.6 is 23.5 Å². The Morgan fingerprint density at radius 1 is 0.508 bits per heavy atom. The van der Waals surface area contributed by atoms with Crippen LogP contribution in [0.2, 0.25) is 0 Å². The van der Waals surface area contributed by atoms with E-state index in [1.165, 1.54) is 250 Å². The first-order valence-corrected chi connectivity index (χ1v) is 54.1. The number of benzene rings is 2. The number of β-amino-alcohol motifs (C(OH)–C–C–N with tert-alkyl or cyclic N) is 1. The number of anilines is 1. The molecule has 0 amide bonds. The monoisotopic (exact) mass is 1800 g/mol. The van der Waals surface area contributed by atoms with E-state index < -0.39 is 19.7 Å². The number of esters is 1. The highest BCUT2D eigenvalue weighted by Crippen LogP contribution is 2.27. The third-order valence-electron chi connectivity index (χ3n) is 23.4. The van der Waals surface area contributed by atoms with Crippen LogP contribution in [0.4, 0.5) is 5.69 Å². The minimum absolute atomic E-state index is 0.0226. The molecule has 3 saturated carbocycles.